The molecule has 27 heavy (non-hydrogen) atoms. The van der Waals surface area contributed by atoms with Gasteiger partial charge in [-0.3, -0.25) is 8.77 Å². The number of aromatic nitrogens is 4. The summed E-state index contributed by atoms with van der Waals surface area (Å²) in [5.41, 5.74) is 3.36. The maximum Gasteiger partial charge on any atom is 0.171 e. The zero-order valence-electron chi connectivity index (χ0n) is 14.9. The Labute approximate surface area is 171 Å². The molecule has 0 bridgehead atoms. The van der Waals surface area contributed by atoms with E-state index in [0.29, 0.717) is 22.4 Å². The van der Waals surface area contributed by atoms with Crippen LogP contribution in [0, 0.1) is 11.2 Å². The molecule has 0 saturated heterocycles. The lowest BCUT2D eigenvalue weighted by Crippen LogP contribution is -2.20. The summed E-state index contributed by atoms with van der Waals surface area (Å²) in [6, 6.07) is 4.69. The second-order valence-electron chi connectivity index (χ2n) is 7.33. The van der Waals surface area contributed by atoms with Gasteiger partial charge in [-0.15, -0.1) is 0 Å². The maximum atomic E-state index is 13.8. The molecule has 4 rings (SSSR count). The molecule has 3 heterocycles. The van der Waals surface area contributed by atoms with Crippen molar-refractivity contribution >= 4 is 58.2 Å². The number of Topliss-reactive ketones (excluding diaryl/α,β-unsaturated/α-hetero) is 1. The van der Waals surface area contributed by atoms with Crippen LogP contribution in [0.4, 0.5) is 4.39 Å². The lowest BCUT2D eigenvalue weighted by molar-refractivity contribution is 0.0860. The highest BCUT2D eigenvalue weighted by atomic mass is 127. The first-order chi connectivity index (χ1) is 12.8. The van der Waals surface area contributed by atoms with Crippen LogP contribution in [0.25, 0.3) is 33.3 Å². The van der Waals surface area contributed by atoms with Gasteiger partial charge in [0, 0.05) is 59.1 Å². The Morgan fingerprint density at radius 1 is 1.33 bits per heavy atom. The number of hydrogen-bond donors (Lipinski definition) is 1. The highest BCUT2D eigenvalue weighted by Gasteiger charge is 2.26. The smallest absolute Gasteiger partial charge is 0.171 e. The molecule has 3 aromatic heterocycles. The molecule has 0 unspecified atom stereocenters. The highest BCUT2D eigenvalue weighted by Crippen LogP contribution is 2.35. The van der Waals surface area contributed by atoms with E-state index in [9.17, 15) is 9.18 Å². The Morgan fingerprint density at radius 3 is 2.81 bits per heavy atom. The van der Waals surface area contributed by atoms with Gasteiger partial charge in [-0.05, 0) is 18.2 Å². The van der Waals surface area contributed by atoms with Crippen molar-refractivity contribution in [2.24, 2.45) is 5.41 Å². The number of fused-ring (bicyclic) bond motifs is 2. The second kappa shape index (κ2) is 6.59. The standard InChI is InChI=1S/C19H16FIN4OS/c1-19(2,3)17(26)12-7-22-18-16(12)24-14(8-23-18)13-9-25(27-21)15-5-4-10(20)6-11(13)15/h4-9H,1-3H3,(H,22,23). The summed E-state index contributed by atoms with van der Waals surface area (Å²) in [5.74, 6) is -0.310. The van der Waals surface area contributed by atoms with Gasteiger partial charge in [0.2, 0.25) is 0 Å². The summed E-state index contributed by atoms with van der Waals surface area (Å²) < 4.78 is 15.8. The number of H-pyrrole nitrogens is 1. The minimum Gasteiger partial charge on any atom is -0.344 e. The van der Waals surface area contributed by atoms with E-state index in [1.54, 1.807) is 18.5 Å². The molecular weight excluding hydrogens is 478 g/mol. The van der Waals surface area contributed by atoms with Crippen molar-refractivity contribution in [1.29, 1.82) is 0 Å². The zero-order chi connectivity index (χ0) is 19.3. The Balaban J connectivity index is 1.94. The van der Waals surface area contributed by atoms with E-state index in [2.05, 4.69) is 31.2 Å². The van der Waals surface area contributed by atoms with Gasteiger partial charge in [0.1, 0.15) is 11.3 Å². The Kier molecular flexibility index (Phi) is 4.50. The van der Waals surface area contributed by atoms with E-state index in [1.165, 1.54) is 21.3 Å². The first-order valence-electron chi connectivity index (χ1n) is 8.28. The average Bonchev–Trinajstić information content (AvgIpc) is 3.20. The van der Waals surface area contributed by atoms with Crippen molar-refractivity contribution in [1.82, 2.24) is 18.9 Å². The molecule has 0 aliphatic carbocycles. The normalized spacial score (nSPS) is 12.2. The zero-order valence-corrected chi connectivity index (χ0v) is 17.9. The number of rotatable bonds is 3. The van der Waals surface area contributed by atoms with E-state index in [0.717, 1.165) is 16.5 Å². The second-order valence-corrected chi connectivity index (χ2v) is 9.05. The minimum absolute atomic E-state index is 0.00325. The molecule has 5 nitrogen and oxygen atoms in total. The summed E-state index contributed by atoms with van der Waals surface area (Å²) in [5, 5.41) is 0.757. The Hall–Kier alpha value is -1.94. The molecule has 138 valence electrons. The first kappa shape index (κ1) is 18.4. The summed E-state index contributed by atoms with van der Waals surface area (Å²) in [7, 11) is 1.49. The van der Waals surface area contributed by atoms with Gasteiger partial charge < -0.3 is 4.98 Å². The van der Waals surface area contributed by atoms with Crippen molar-refractivity contribution < 1.29 is 9.18 Å². The molecule has 8 heteroatoms. The van der Waals surface area contributed by atoms with Gasteiger partial charge in [-0.25, -0.2) is 14.4 Å². The molecular formula is C19H16FIN4OS. The molecule has 0 aliphatic rings. The van der Waals surface area contributed by atoms with E-state index < -0.39 is 5.41 Å². The van der Waals surface area contributed by atoms with Crippen LogP contribution in [0.2, 0.25) is 0 Å². The van der Waals surface area contributed by atoms with Gasteiger partial charge >= 0.3 is 0 Å². The predicted octanol–water partition coefficient (Wildman–Crippen LogP) is 5.79. The first-order valence-corrected chi connectivity index (χ1v) is 11.6. The SMILES string of the molecule is CC(C)(C)C(=O)c1c[nH]c2ncc(-c3cn(SI)c4ccc(F)cc34)nc12. The number of hydrogen-bond acceptors (Lipinski definition) is 4. The van der Waals surface area contributed by atoms with Crippen LogP contribution in [0.1, 0.15) is 31.1 Å². The van der Waals surface area contributed by atoms with Crippen LogP contribution in [0.15, 0.2) is 36.8 Å². The van der Waals surface area contributed by atoms with Crippen LogP contribution in [0.5, 0.6) is 0 Å². The summed E-state index contributed by atoms with van der Waals surface area (Å²) >= 11 is 2.18. The minimum atomic E-state index is -0.524. The van der Waals surface area contributed by atoms with Gasteiger partial charge in [0.25, 0.3) is 0 Å². The number of aromatic amines is 1. The fraction of sp³-hybridized carbons (Fsp3) is 0.211. The fourth-order valence-electron chi connectivity index (χ4n) is 3.03. The lowest BCUT2D eigenvalue weighted by Gasteiger charge is -2.15. The monoisotopic (exact) mass is 494 g/mol. The van der Waals surface area contributed by atoms with Crippen LogP contribution in [0.3, 0.4) is 0 Å². The predicted molar refractivity (Wildman–Crippen MR) is 116 cm³/mol. The molecule has 1 aromatic carbocycles. The largest absolute Gasteiger partial charge is 0.344 e. The number of halogens is 2. The summed E-state index contributed by atoms with van der Waals surface area (Å²) in [6.07, 6.45) is 5.21. The van der Waals surface area contributed by atoms with Crippen molar-refractivity contribution in [2.75, 3.05) is 0 Å². The quantitative estimate of drug-likeness (QED) is 0.289. The lowest BCUT2D eigenvalue weighted by atomic mass is 9.87. The average molecular weight is 494 g/mol. The van der Waals surface area contributed by atoms with Gasteiger partial charge in [0.05, 0.1) is 23.0 Å². The van der Waals surface area contributed by atoms with Gasteiger partial charge in [0.15, 0.2) is 11.4 Å². The number of carbonyl (C=O) groups excluding carboxylic acids is 1. The molecule has 0 amide bonds. The third-order valence-corrected chi connectivity index (χ3v) is 6.11. The third-order valence-electron chi connectivity index (χ3n) is 4.39. The fourth-order valence-corrected chi connectivity index (χ4v) is 4.39. The van der Waals surface area contributed by atoms with Crippen LogP contribution in [-0.4, -0.2) is 24.7 Å². The van der Waals surface area contributed by atoms with Crippen LogP contribution >= 0.6 is 30.3 Å². The summed E-state index contributed by atoms with van der Waals surface area (Å²) in [6.45, 7) is 5.62. The summed E-state index contributed by atoms with van der Waals surface area (Å²) in [4.78, 5) is 24.9. The molecule has 0 atom stereocenters. The topological polar surface area (TPSA) is 63.6 Å². The van der Waals surface area contributed by atoms with Crippen molar-refractivity contribution in [3.63, 3.8) is 0 Å². The molecule has 4 aromatic rings. The Bertz CT molecular complexity index is 1190. The molecule has 0 aliphatic heterocycles. The van der Waals surface area contributed by atoms with Crippen molar-refractivity contribution in [3.05, 3.63) is 48.2 Å². The van der Waals surface area contributed by atoms with Gasteiger partial charge in [-0.2, -0.15) is 0 Å². The van der Waals surface area contributed by atoms with Gasteiger partial charge in [-0.1, -0.05) is 20.8 Å². The van der Waals surface area contributed by atoms with E-state index >= 15 is 0 Å². The number of nitrogens with zero attached hydrogens (tertiary/aromatic N) is 3. The molecule has 0 radical (unpaired) electrons. The maximum absolute atomic E-state index is 13.8. The van der Waals surface area contributed by atoms with Crippen molar-refractivity contribution in [3.8, 4) is 11.3 Å². The molecule has 0 saturated carbocycles. The number of ketones is 1. The number of nitrogens with one attached hydrogen (secondary N) is 1. The molecule has 1 N–H and O–H groups in total. The van der Waals surface area contributed by atoms with E-state index in [1.807, 2.05) is 30.9 Å². The van der Waals surface area contributed by atoms with Crippen LogP contribution in [-0.2, 0) is 0 Å². The molecule has 0 fully saturated rings. The Morgan fingerprint density at radius 2 is 2.11 bits per heavy atom. The molecule has 0 spiro atoms. The van der Waals surface area contributed by atoms with Crippen molar-refractivity contribution in [2.45, 2.75) is 20.8 Å². The third kappa shape index (κ3) is 3.14. The number of carbonyl (C=O) groups is 1. The highest BCUT2D eigenvalue weighted by molar-refractivity contribution is 14.2. The van der Waals surface area contributed by atoms with E-state index in [4.69, 9.17) is 4.98 Å². The van der Waals surface area contributed by atoms with Crippen LogP contribution < -0.4 is 0 Å². The number of benzene rings is 1. The van der Waals surface area contributed by atoms with E-state index in [-0.39, 0.29) is 11.6 Å².